The first kappa shape index (κ1) is 11.0. The molecule has 0 bridgehead atoms. The normalized spacial score (nSPS) is 9.59. The van der Waals surface area contributed by atoms with Crippen molar-refractivity contribution in [3.63, 3.8) is 0 Å². The molecule has 2 aromatic rings. The summed E-state index contributed by atoms with van der Waals surface area (Å²) in [6.07, 6.45) is 0.652. The van der Waals surface area contributed by atoms with E-state index in [4.69, 9.17) is 14.4 Å². The lowest BCUT2D eigenvalue weighted by Crippen LogP contribution is -1.92. The van der Waals surface area contributed by atoms with E-state index in [-0.39, 0.29) is 12.4 Å². The summed E-state index contributed by atoms with van der Waals surface area (Å²) in [6.45, 7) is 0.00119. The summed E-state index contributed by atoms with van der Waals surface area (Å²) < 4.78 is 10.5. The number of furan rings is 1. The maximum Gasteiger partial charge on any atom is 0.185 e. The van der Waals surface area contributed by atoms with Gasteiger partial charge in [-0.1, -0.05) is 12.1 Å². The second kappa shape index (κ2) is 4.99. The summed E-state index contributed by atoms with van der Waals surface area (Å²) in [5, 5.41) is 8.42. The lowest BCUT2D eigenvalue weighted by Gasteiger charge is -2.02. The summed E-state index contributed by atoms with van der Waals surface area (Å²) in [4.78, 5) is 10.5. The van der Waals surface area contributed by atoms with Crippen molar-refractivity contribution in [3.05, 3.63) is 42.2 Å². The number of rotatable bonds is 4. The zero-order chi connectivity index (χ0) is 12.1. The highest BCUT2D eigenvalue weighted by molar-refractivity contribution is 5.73. The molecule has 4 nitrogen and oxygen atoms in total. The van der Waals surface area contributed by atoms with Crippen molar-refractivity contribution in [2.75, 3.05) is 6.61 Å². The molecule has 0 aliphatic carbocycles. The molecule has 0 spiro atoms. The highest BCUT2D eigenvalue weighted by Crippen LogP contribution is 2.25. The molecule has 84 valence electrons. The number of nitriles is 1. The smallest absolute Gasteiger partial charge is 0.185 e. The molecule has 0 saturated carbocycles. The Morgan fingerprint density at radius 1 is 1.35 bits per heavy atom. The lowest BCUT2D eigenvalue weighted by molar-refractivity contribution is 0.110. The van der Waals surface area contributed by atoms with Gasteiger partial charge in [0.1, 0.15) is 17.6 Å². The third-order valence-corrected chi connectivity index (χ3v) is 2.16. The van der Waals surface area contributed by atoms with Crippen molar-refractivity contribution in [3.8, 4) is 23.1 Å². The quantitative estimate of drug-likeness (QED) is 0.753. The first-order chi connectivity index (χ1) is 8.33. The van der Waals surface area contributed by atoms with Crippen LogP contribution < -0.4 is 4.74 Å². The van der Waals surface area contributed by atoms with Crippen LogP contribution in [0.5, 0.6) is 5.75 Å². The molecule has 0 N–H and O–H groups in total. The SMILES string of the molecule is N#CCOc1cccc(-c2ccc(C=O)o2)c1. The fourth-order valence-electron chi connectivity index (χ4n) is 1.43. The van der Waals surface area contributed by atoms with Crippen molar-refractivity contribution in [2.45, 2.75) is 0 Å². The number of ether oxygens (including phenoxy) is 1. The van der Waals surface area contributed by atoms with Crippen LogP contribution in [0.2, 0.25) is 0 Å². The molecule has 0 amide bonds. The van der Waals surface area contributed by atoms with Crippen LogP contribution in [0.1, 0.15) is 10.6 Å². The predicted molar refractivity (Wildman–Crippen MR) is 60.6 cm³/mol. The summed E-state index contributed by atoms with van der Waals surface area (Å²) in [5.41, 5.74) is 0.800. The number of carbonyl (C=O) groups is 1. The van der Waals surface area contributed by atoms with Crippen LogP contribution in [-0.4, -0.2) is 12.9 Å². The first-order valence-electron chi connectivity index (χ1n) is 4.98. The third-order valence-electron chi connectivity index (χ3n) is 2.16. The molecule has 0 aliphatic heterocycles. The van der Waals surface area contributed by atoms with Crippen molar-refractivity contribution >= 4 is 6.29 Å². The number of benzene rings is 1. The van der Waals surface area contributed by atoms with E-state index in [9.17, 15) is 4.79 Å². The lowest BCUT2D eigenvalue weighted by atomic mass is 10.1. The second-order valence-electron chi connectivity index (χ2n) is 3.29. The van der Waals surface area contributed by atoms with Crippen molar-refractivity contribution in [1.82, 2.24) is 0 Å². The zero-order valence-corrected chi connectivity index (χ0v) is 8.92. The number of aldehydes is 1. The average molecular weight is 227 g/mol. The van der Waals surface area contributed by atoms with Crippen LogP contribution in [0.3, 0.4) is 0 Å². The van der Waals surface area contributed by atoms with Crippen LogP contribution in [0.4, 0.5) is 0 Å². The standard InChI is InChI=1S/C13H9NO3/c14-6-7-16-11-3-1-2-10(8-11)13-5-4-12(9-15)17-13/h1-5,8-9H,7H2. The van der Waals surface area contributed by atoms with Gasteiger partial charge in [-0.2, -0.15) is 5.26 Å². The maximum atomic E-state index is 10.5. The Kier molecular flexibility index (Phi) is 3.22. The molecule has 0 fully saturated rings. The van der Waals surface area contributed by atoms with Gasteiger partial charge in [-0.15, -0.1) is 0 Å². The second-order valence-corrected chi connectivity index (χ2v) is 3.29. The van der Waals surface area contributed by atoms with E-state index >= 15 is 0 Å². The van der Waals surface area contributed by atoms with Crippen molar-refractivity contribution in [2.24, 2.45) is 0 Å². The highest BCUT2D eigenvalue weighted by Gasteiger charge is 2.05. The summed E-state index contributed by atoms with van der Waals surface area (Å²) in [5.74, 6) is 1.46. The molecule has 0 radical (unpaired) electrons. The van der Waals surface area contributed by atoms with Crippen LogP contribution in [0.25, 0.3) is 11.3 Å². The maximum absolute atomic E-state index is 10.5. The molecule has 1 heterocycles. The Hall–Kier alpha value is -2.54. The molecular formula is C13H9NO3. The van der Waals surface area contributed by atoms with E-state index < -0.39 is 0 Å². The van der Waals surface area contributed by atoms with Crippen LogP contribution >= 0.6 is 0 Å². The van der Waals surface area contributed by atoms with E-state index in [0.717, 1.165) is 5.56 Å². The zero-order valence-electron chi connectivity index (χ0n) is 8.92. The van der Waals surface area contributed by atoms with Gasteiger partial charge in [-0.05, 0) is 24.3 Å². The molecule has 1 aromatic heterocycles. The largest absolute Gasteiger partial charge is 0.479 e. The van der Waals surface area contributed by atoms with E-state index in [1.54, 1.807) is 30.3 Å². The third kappa shape index (κ3) is 2.52. The van der Waals surface area contributed by atoms with E-state index in [1.807, 2.05) is 12.1 Å². The average Bonchev–Trinajstić information content (AvgIpc) is 2.85. The minimum atomic E-state index is 0.00119. The van der Waals surface area contributed by atoms with Gasteiger partial charge in [0.15, 0.2) is 18.7 Å². The summed E-state index contributed by atoms with van der Waals surface area (Å²) >= 11 is 0. The fourth-order valence-corrected chi connectivity index (χ4v) is 1.43. The molecule has 1 aromatic carbocycles. The Bertz CT molecular complexity index is 566. The number of hydrogen-bond donors (Lipinski definition) is 0. The monoisotopic (exact) mass is 227 g/mol. The van der Waals surface area contributed by atoms with Gasteiger partial charge >= 0.3 is 0 Å². The van der Waals surface area contributed by atoms with Crippen LogP contribution in [0, 0.1) is 11.3 Å². The number of nitrogens with zero attached hydrogens (tertiary/aromatic N) is 1. The topological polar surface area (TPSA) is 63.2 Å². The molecule has 17 heavy (non-hydrogen) atoms. The molecule has 4 heteroatoms. The van der Waals surface area contributed by atoms with Gasteiger partial charge < -0.3 is 9.15 Å². The first-order valence-corrected chi connectivity index (χ1v) is 4.98. The van der Waals surface area contributed by atoms with Gasteiger partial charge in [0, 0.05) is 5.56 Å². The van der Waals surface area contributed by atoms with Gasteiger partial charge in [-0.25, -0.2) is 0 Å². The highest BCUT2D eigenvalue weighted by atomic mass is 16.5. The van der Waals surface area contributed by atoms with Gasteiger partial charge in [0.05, 0.1) is 0 Å². The number of carbonyl (C=O) groups excluding carboxylic acids is 1. The Balaban J connectivity index is 2.26. The fraction of sp³-hybridized carbons (Fsp3) is 0.0769. The Morgan fingerprint density at radius 2 is 2.24 bits per heavy atom. The van der Waals surface area contributed by atoms with E-state index in [0.29, 0.717) is 17.8 Å². The van der Waals surface area contributed by atoms with Crippen LogP contribution in [0.15, 0.2) is 40.8 Å². The molecule has 2 rings (SSSR count). The number of hydrogen-bond acceptors (Lipinski definition) is 4. The predicted octanol–water partition coefficient (Wildman–Crippen LogP) is 2.66. The molecule has 0 saturated heterocycles. The summed E-state index contributed by atoms with van der Waals surface area (Å²) in [7, 11) is 0. The van der Waals surface area contributed by atoms with Gasteiger partial charge in [0.2, 0.25) is 0 Å². The minimum Gasteiger partial charge on any atom is -0.479 e. The van der Waals surface area contributed by atoms with Crippen molar-refractivity contribution in [1.29, 1.82) is 5.26 Å². The van der Waals surface area contributed by atoms with Gasteiger partial charge in [0.25, 0.3) is 0 Å². The van der Waals surface area contributed by atoms with Gasteiger partial charge in [-0.3, -0.25) is 4.79 Å². The van der Waals surface area contributed by atoms with E-state index in [1.165, 1.54) is 0 Å². The summed E-state index contributed by atoms with van der Waals surface area (Å²) in [6, 6.07) is 12.4. The molecule has 0 unspecified atom stereocenters. The molecular weight excluding hydrogens is 218 g/mol. The van der Waals surface area contributed by atoms with E-state index in [2.05, 4.69) is 0 Å². The Morgan fingerprint density at radius 3 is 2.94 bits per heavy atom. The molecule has 0 aliphatic rings. The minimum absolute atomic E-state index is 0.00119. The van der Waals surface area contributed by atoms with Crippen molar-refractivity contribution < 1.29 is 13.9 Å². The Labute approximate surface area is 98.0 Å². The molecule has 0 atom stereocenters. The van der Waals surface area contributed by atoms with Crippen LogP contribution in [-0.2, 0) is 0 Å².